The molecule has 1 saturated heterocycles. The summed E-state index contributed by atoms with van der Waals surface area (Å²) in [5.74, 6) is -0.0855. The summed E-state index contributed by atoms with van der Waals surface area (Å²) in [4.78, 5) is 14.9. The molecule has 0 aromatic heterocycles. The van der Waals surface area contributed by atoms with E-state index in [1.807, 2.05) is 24.3 Å². The molecule has 21 heavy (non-hydrogen) atoms. The van der Waals surface area contributed by atoms with E-state index in [1.54, 1.807) is 24.3 Å². The molecule has 0 amide bonds. The van der Waals surface area contributed by atoms with E-state index in [1.165, 1.54) is 6.42 Å². The Balaban J connectivity index is 1.87. The lowest BCUT2D eigenvalue weighted by molar-refractivity contribution is 0.103. The highest BCUT2D eigenvalue weighted by Crippen LogP contribution is 2.17. The van der Waals surface area contributed by atoms with Gasteiger partial charge in [0.2, 0.25) is 0 Å². The average molecular weight is 276 g/mol. The first-order chi connectivity index (χ1) is 10.3. The number of nitrogens with zero attached hydrogens (tertiary/aromatic N) is 2. The normalized spacial score (nSPS) is 14.2. The minimum atomic E-state index is -0.0855. The van der Waals surface area contributed by atoms with Crippen LogP contribution < -0.4 is 0 Å². The molecule has 0 atom stereocenters. The van der Waals surface area contributed by atoms with Crippen molar-refractivity contribution in [3.63, 3.8) is 0 Å². The molecule has 1 aliphatic heterocycles. The van der Waals surface area contributed by atoms with E-state index >= 15 is 0 Å². The molecule has 2 aromatic carbocycles. The minimum Gasteiger partial charge on any atom is -0.299 e. The first-order valence-corrected chi connectivity index (χ1v) is 7.13. The third kappa shape index (κ3) is 2.86. The number of ketones is 1. The Labute approximate surface area is 124 Å². The highest BCUT2D eigenvalue weighted by atomic mass is 16.1. The zero-order chi connectivity index (χ0) is 14.7. The second-order valence-corrected chi connectivity index (χ2v) is 5.32. The van der Waals surface area contributed by atoms with Crippen LogP contribution in [0.15, 0.2) is 48.5 Å². The van der Waals surface area contributed by atoms with Crippen LogP contribution >= 0.6 is 0 Å². The largest absolute Gasteiger partial charge is 0.299 e. The van der Waals surface area contributed by atoms with Gasteiger partial charge in [-0.3, -0.25) is 9.69 Å². The zero-order valence-electron chi connectivity index (χ0n) is 11.7. The predicted octanol–water partition coefficient (Wildman–Crippen LogP) is 2.99. The van der Waals surface area contributed by atoms with Crippen molar-refractivity contribution >= 4 is 5.78 Å². The SMILES string of the molecule is N#Cc1ccccc1C(=O)c1cccc(CN2CCC2)c1. The van der Waals surface area contributed by atoms with Gasteiger partial charge in [-0.1, -0.05) is 30.3 Å². The molecule has 3 nitrogen and oxygen atoms in total. The van der Waals surface area contributed by atoms with Crippen LogP contribution in [0.5, 0.6) is 0 Å². The van der Waals surface area contributed by atoms with E-state index in [0.29, 0.717) is 16.7 Å². The summed E-state index contributed by atoms with van der Waals surface area (Å²) < 4.78 is 0. The number of benzene rings is 2. The standard InChI is InChI=1S/C18H16N2O/c19-12-16-6-1-2-8-17(16)18(21)15-7-3-5-14(11-15)13-20-9-4-10-20/h1-3,5-8,11H,4,9-10,13H2. The lowest BCUT2D eigenvalue weighted by atomic mass is 9.97. The van der Waals surface area contributed by atoms with Gasteiger partial charge in [-0.15, -0.1) is 0 Å². The van der Waals surface area contributed by atoms with Gasteiger partial charge >= 0.3 is 0 Å². The summed E-state index contributed by atoms with van der Waals surface area (Å²) in [7, 11) is 0. The van der Waals surface area contributed by atoms with Gasteiger partial charge in [-0.25, -0.2) is 0 Å². The molecule has 2 aromatic rings. The molecule has 0 saturated carbocycles. The topological polar surface area (TPSA) is 44.1 Å². The molecule has 0 N–H and O–H groups in total. The van der Waals surface area contributed by atoms with Crippen molar-refractivity contribution in [2.75, 3.05) is 13.1 Å². The van der Waals surface area contributed by atoms with Crippen LogP contribution in [0.1, 0.15) is 33.5 Å². The molecule has 3 heteroatoms. The first-order valence-electron chi connectivity index (χ1n) is 7.13. The third-order valence-corrected chi connectivity index (χ3v) is 3.84. The van der Waals surface area contributed by atoms with E-state index in [9.17, 15) is 4.79 Å². The Morgan fingerprint density at radius 3 is 2.67 bits per heavy atom. The van der Waals surface area contributed by atoms with Crippen LogP contribution in [0.4, 0.5) is 0 Å². The molecule has 0 unspecified atom stereocenters. The highest BCUT2D eigenvalue weighted by molar-refractivity contribution is 6.10. The Morgan fingerprint density at radius 2 is 1.95 bits per heavy atom. The molecular formula is C18H16N2O. The highest BCUT2D eigenvalue weighted by Gasteiger charge is 2.16. The molecule has 1 fully saturated rings. The maximum Gasteiger partial charge on any atom is 0.194 e. The number of carbonyl (C=O) groups is 1. The monoisotopic (exact) mass is 276 g/mol. The van der Waals surface area contributed by atoms with Crippen LogP contribution in [0.3, 0.4) is 0 Å². The molecule has 0 spiro atoms. The zero-order valence-corrected chi connectivity index (χ0v) is 11.7. The number of carbonyl (C=O) groups excluding carboxylic acids is 1. The van der Waals surface area contributed by atoms with Crippen LogP contribution in [0.25, 0.3) is 0 Å². The van der Waals surface area contributed by atoms with Crippen molar-refractivity contribution in [3.8, 4) is 6.07 Å². The molecule has 104 valence electrons. The molecule has 0 aliphatic carbocycles. The fraction of sp³-hybridized carbons (Fsp3) is 0.222. The Kier molecular flexibility index (Phi) is 3.81. The van der Waals surface area contributed by atoms with Gasteiger partial charge in [-0.05, 0) is 43.3 Å². The average Bonchev–Trinajstić information content (AvgIpc) is 2.50. The maximum atomic E-state index is 12.6. The van der Waals surface area contributed by atoms with Crippen LogP contribution in [0, 0.1) is 11.3 Å². The van der Waals surface area contributed by atoms with Crippen LogP contribution in [0.2, 0.25) is 0 Å². The molecular weight excluding hydrogens is 260 g/mol. The van der Waals surface area contributed by atoms with Crippen LogP contribution in [-0.4, -0.2) is 23.8 Å². The quantitative estimate of drug-likeness (QED) is 0.806. The molecule has 1 aliphatic rings. The number of likely N-dealkylation sites (tertiary alicyclic amines) is 1. The fourth-order valence-electron chi connectivity index (χ4n) is 2.54. The fourth-order valence-corrected chi connectivity index (χ4v) is 2.54. The lowest BCUT2D eigenvalue weighted by Gasteiger charge is -2.30. The summed E-state index contributed by atoms with van der Waals surface area (Å²) in [6.45, 7) is 3.16. The number of rotatable bonds is 4. The molecule has 0 bridgehead atoms. The van der Waals surface area contributed by atoms with Gasteiger partial charge < -0.3 is 0 Å². The summed E-state index contributed by atoms with van der Waals surface area (Å²) in [6.07, 6.45) is 1.26. The van der Waals surface area contributed by atoms with Crippen LogP contribution in [-0.2, 0) is 6.54 Å². The van der Waals surface area contributed by atoms with Crippen molar-refractivity contribution < 1.29 is 4.79 Å². The van der Waals surface area contributed by atoms with E-state index in [0.717, 1.165) is 25.2 Å². The van der Waals surface area contributed by atoms with Gasteiger partial charge in [-0.2, -0.15) is 5.26 Å². The predicted molar refractivity (Wildman–Crippen MR) is 80.9 cm³/mol. The van der Waals surface area contributed by atoms with Gasteiger partial charge in [0.15, 0.2) is 5.78 Å². The Hall–Kier alpha value is -2.44. The van der Waals surface area contributed by atoms with E-state index in [4.69, 9.17) is 5.26 Å². The van der Waals surface area contributed by atoms with Gasteiger partial charge in [0.1, 0.15) is 0 Å². The van der Waals surface area contributed by atoms with E-state index in [2.05, 4.69) is 11.0 Å². The summed E-state index contributed by atoms with van der Waals surface area (Å²) >= 11 is 0. The molecule has 0 radical (unpaired) electrons. The molecule has 1 heterocycles. The van der Waals surface area contributed by atoms with Gasteiger partial charge in [0.05, 0.1) is 11.6 Å². The van der Waals surface area contributed by atoms with Crippen molar-refractivity contribution in [1.29, 1.82) is 5.26 Å². The third-order valence-electron chi connectivity index (χ3n) is 3.84. The van der Waals surface area contributed by atoms with E-state index in [-0.39, 0.29) is 5.78 Å². The Bertz CT molecular complexity index is 711. The van der Waals surface area contributed by atoms with Crippen molar-refractivity contribution in [1.82, 2.24) is 4.90 Å². The number of nitriles is 1. The maximum absolute atomic E-state index is 12.6. The minimum absolute atomic E-state index is 0.0855. The molecule has 3 rings (SSSR count). The second-order valence-electron chi connectivity index (χ2n) is 5.32. The van der Waals surface area contributed by atoms with Gasteiger partial charge in [0.25, 0.3) is 0 Å². The Morgan fingerprint density at radius 1 is 1.14 bits per heavy atom. The van der Waals surface area contributed by atoms with Gasteiger partial charge in [0, 0.05) is 17.7 Å². The summed E-state index contributed by atoms with van der Waals surface area (Å²) in [6, 6.07) is 16.8. The van der Waals surface area contributed by atoms with Crippen molar-refractivity contribution in [2.24, 2.45) is 0 Å². The first kappa shape index (κ1) is 13.5. The van der Waals surface area contributed by atoms with Crippen molar-refractivity contribution in [2.45, 2.75) is 13.0 Å². The lowest BCUT2D eigenvalue weighted by Crippen LogP contribution is -2.36. The smallest absolute Gasteiger partial charge is 0.194 e. The second kappa shape index (κ2) is 5.90. The van der Waals surface area contributed by atoms with Crippen molar-refractivity contribution in [3.05, 3.63) is 70.8 Å². The summed E-state index contributed by atoms with van der Waals surface area (Å²) in [5.41, 5.74) is 2.70. The number of hydrogen-bond donors (Lipinski definition) is 0. The number of hydrogen-bond acceptors (Lipinski definition) is 3. The summed E-state index contributed by atoms with van der Waals surface area (Å²) in [5, 5.41) is 9.12. The van der Waals surface area contributed by atoms with E-state index < -0.39 is 0 Å².